The first kappa shape index (κ1) is 16.5. The maximum absolute atomic E-state index is 12.6. The number of piperidine rings is 1. The highest BCUT2D eigenvalue weighted by molar-refractivity contribution is 5.79. The van der Waals surface area contributed by atoms with Crippen LogP contribution in [0.5, 0.6) is 0 Å². The number of nitrogens with one attached hydrogen (secondary N) is 1. The van der Waals surface area contributed by atoms with Gasteiger partial charge in [0.2, 0.25) is 5.91 Å². The van der Waals surface area contributed by atoms with Crippen molar-refractivity contribution in [2.24, 2.45) is 5.92 Å². The monoisotopic (exact) mass is 314 g/mol. The Kier molecular flexibility index (Phi) is 5.37. The van der Waals surface area contributed by atoms with E-state index in [1.807, 2.05) is 0 Å². The summed E-state index contributed by atoms with van der Waals surface area (Å²) in [5.74, 6) is 0.509. The lowest BCUT2D eigenvalue weighted by atomic mass is 9.82. The number of rotatable bonds is 4. The highest BCUT2D eigenvalue weighted by atomic mass is 16.2. The maximum Gasteiger partial charge on any atom is 0.223 e. The molecule has 2 aliphatic rings. The van der Waals surface area contributed by atoms with Crippen LogP contribution in [0.15, 0.2) is 30.3 Å². The van der Waals surface area contributed by atoms with Crippen LogP contribution in [0.4, 0.5) is 0 Å². The predicted octanol–water partition coefficient (Wildman–Crippen LogP) is 3.74. The smallest absolute Gasteiger partial charge is 0.223 e. The first-order valence-electron chi connectivity index (χ1n) is 9.23. The Labute approximate surface area is 140 Å². The van der Waals surface area contributed by atoms with Gasteiger partial charge in [-0.1, -0.05) is 49.6 Å². The zero-order valence-electron chi connectivity index (χ0n) is 14.4. The summed E-state index contributed by atoms with van der Waals surface area (Å²) in [7, 11) is 0. The standard InChI is InChI=1S/C20H30N2O/c1-20(12-6-3-7-13-20)21-19(23)18-10-14-22(15-11-18)16-17-8-4-2-5-9-17/h2,4-5,8-9,18H,3,6-7,10-16H2,1H3,(H,21,23). The van der Waals surface area contributed by atoms with Crippen LogP contribution in [0.3, 0.4) is 0 Å². The van der Waals surface area contributed by atoms with Gasteiger partial charge in [0.15, 0.2) is 0 Å². The van der Waals surface area contributed by atoms with Crippen molar-refractivity contribution in [2.75, 3.05) is 13.1 Å². The first-order valence-corrected chi connectivity index (χ1v) is 9.23. The number of carbonyl (C=O) groups excluding carboxylic acids is 1. The van der Waals surface area contributed by atoms with Crippen molar-refractivity contribution >= 4 is 5.91 Å². The minimum atomic E-state index is 0.0521. The SMILES string of the molecule is CC1(NC(=O)C2CCN(Cc3ccccc3)CC2)CCCCC1. The van der Waals surface area contributed by atoms with E-state index in [-0.39, 0.29) is 11.5 Å². The van der Waals surface area contributed by atoms with Gasteiger partial charge < -0.3 is 5.32 Å². The van der Waals surface area contributed by atoms with Gasteiger partial charge in [-0.05, 0) is 51.3 Å². The fraction of sp³-hybridized carbons (Fsp3) is 0.650. The van der Waals surface area contributed by atoms with Crippen LogP contribution >= 0.6 is 0 Å². The molecule has 1 aromatic carbocycles. The van der Waals surface area contributed by atoms with Crippen LogP contribution in [0.2, 0.25) is 0 Å². The second-order valence-corrected chi connectivity index (χ2v) is 7.65. The van der Waals surface area contributed by atoms with E-state index in [0.717, 1.165) is 45.3 Å². The topological polar surface area (TPSA) is 32.3 Å². The van der Waals surface area contributed by atoms with Crippen LogP contribution in [-0.2, 0) is 11.3 Å². The fourth-order valence-electron chi connectivity index (χ4n) is 4.05. The molecule has 1 aliphatic carbocycles. The summed E-state index contributed by atoms with van der Waals surface area (Å²) in [5, 5.41) is 3.37. The van der Waals surface area contributed by atoms with Gasteiger partial charge in [-0.2, -0.15) is 0 Å². The van der Waals surface area contributed by atoms with E-state index in [9.17, 15) is 4.79 Å². The molecule has 0 radical (unpaired) electrons. The zero-order chi connectivity index (χ0) is 16.1. The van der Waals surface area contributed by atoms with Crippen LogP contribution in [0.25, 0.3) is 0 Å². The molecular weight excluding hydrogens is 284 g/mol. The Hall–Kier alpha value is -1.35. The molecule has 3 nitrogen and oxygen atoms in total. The molecule has 3 rings (SSSR count). The second kappa shape index (κ2) is 7.48. The minimum Gasteiger partial charge on any atom is -0.351 e. The summed E-state index contributed by atoms with van der Waals surface area (Å²) in [6.07, 6.45) is 8.11. The Morgan fingerprint density at radius 2 is 1.78 bits per heavy atom. The van der Waals surface area contributed by atoms with Gasteiger partial charge in [-0.25, -0.2) is 0 Å². The van der Waals surface area contributed by atoms with Crippen molar-refractivity contribution < 1.29 is 4.79 Å². The molecule has 23 heavy (non-hydrogen) atoms. The van der Waals surface area contributed by atoms with Gasteiger partial charge in [0.05, 0.1) is 0 Å². The van der Waals surface area contributed by atoms with Crippen molar-refractivity contribution in [2.45, 2.75) is 64.0 Å². The normalized spacial score (nSPS) is 22.7. The summed E-state index contributed by atoms with van der Waals surface area (Å²) in [4.78, 5) is 15.1. The number of nitrogens with zero attached hydrogens (tertiary/aromatic N) is 1. The summed E-state index contributed by atoms with van der Waals surface area (Å²) in [6.45, 7) is 5.30. The molecule has 1 saturated carbocycles. The number of amides is 1. The third-order valence-electron chi connectivity index (χ3n) is 5.59. The molecule has 0 atom stereocenters. The van der Waals surface area contributed by atoms with Crippen LogP contribution in [-0.4, -0.2) is 29.4 Å². The average molecular weight is 314 g/mol. The van der Waals surface area contributed by atoms with E-state index in [2.05, 4.69) is 47.5 Å². The van der Waals surface area contributed by atoms with Gasteiger partial charge in [0.25, 0.3) is 0 Å². The number of likely N-dealkylation sites (tertiary alicyclic amines) is 1. The number of carbonyl (C=O) groups is 1. The van der Waals surface area contributed by atoms with Crippen LogP contribution in [0, 0.1) is 5.92 Å². The Balaban J connectivity index is 1.45. The van der Waals surface area contributed by atoms with E-state index in [1.54, 1.807) is 0 Å². The van der Waals surface area contributed by atoms with E-state index in [0.29, 0.717) is 5.91 Å². The average Bonchev–Trinajstić information content (AvgIpc) is 2.57. The van der Waals surface area contributed by atoms with Crippen LogP contribution in [0.1, 0.15) is 57.4 Å². The van der Waals surface area contributed by atoms with E-state index in [4.69, 9.17) is 0 Å². The van der Waals surface area contributed by atoms with Gasteiger partial charge in [0.1, 0.15) is 0 Å². The molecule has 1 aliphatic heterocycles. The molecule has 1 heterocycles. The van der Waals surface area contributed by atoms with Crippen LogP contribution < -0.4 is 5.32 Å². The van der Waals surface area contributed by atoms with Crippen molar-refractivity contribution in [3.8, 4) is 0 Å². The molecular formula is C20H30N2O. The van der Waals surface area contributed by atoms with Crippen molar-refractivity contribution in [3.63, 3.8) is 0 Å². The van der Waals surface area contributed by atoms with Gasteiger partial charge in [-0.3, -0.25) is 9.69 Å². The van der Waals surface area contributed by atoms with Crippen molar-refractivity contribution in [1.29, 1.82) is 0 Å². The first-order chi connectivity index (χ1) is 11.1. The molecule has 1 aromatic rings. The third kappa shape index (κ3) is 4.57. The highest BCUT2D eigenvalue weighted by Crippen LogP contribution is 2.29. The lowest BCUT2D eigenvalue weighted by Gasteiger charge is -2.37. The summed E-state index contributed by atoms with van der Waals surface area (Å²) >= 11 is 0. The largest absolute Gasteiger partial charge is 0.351 e. The molecule has 0 bridgehead atoms. The lowest BCUT2D eigenvalue weighted by molar-refractivity contribution is -0.128. The molecule has 1 N–H and O–H groups in total. The van der Waals surface area contributed by atoms with Gasteiger partial charge in [0, 0.05) is 18.0 Å². The molecule has 1 saturated heterocycles. The number of hydrogen-bond acceptors (Lipinski definition) is 2. The van der Waals surface area contributed by atoms with Gasteiger partial charge >= 0.3 is 0 Å². The van der Waals surface area contributed by atoms with E-state index < -0.39 is 0 Å². The predicted molar refractivity (Wildman–Crippen MR) is 94.1 cm³/mol. The zero-order valence-corrected chi connectivity index (χ0v) is 14.4. The highest BCUT2D eigenvalue weighted by Gasteiger charge is 2.32. The third-order valence-corrected chi connectivity index (χ3v) is 5.59. The van der Waals surface area contributed by atoms with Gasteiger partial charge in [-0.15, -0.1) is 0 Å². The van der Waals surface area contributed by atoms with Crippen molar-refractivity contribution in [3.05, 3.63) is 35.9 Å². The molecule has 3 heteroatoms. The van der Waals surface area contributed by atoms with E-state index >= 15 is 0 Å². The summed E-state index contributed by atoms with van der Waals surface area (Å²) in [6, 6.07) is 10.6. The summed E-state index contributed by atoms with van der Waals surface area (Å²) < 4.78 is 0. The Morgan fingerprint density at radius 1 is 1.13 bits per heavy atom. The second-order valence-electron chi connectivity index (χ2n) is 7.65. The molecule has 0 aromatic heterocycles. The van der Waals surface area contributed by atoms with E-state index in [1.165, 1.54) is 24.8 Å². The lowest BCUT2D eigenvalue weighted by Crippen LogP contribution is -2.51. The fourth-order valence-corrected chi connectivity index (χ4v) is 4.05. The molecule has 126 valence electrons. The maximum atomic E-state index is 12.6. The Morgan fingerprint density at radius 3 is 2.43 bits per heavy atom. The molecule has 1 amide bonds. The number of benzene rings is 1. The number of hydrogen-bond donors (Lipinski definition) is 1. The Bertz CT molecular complexity index is 500. The van der Waals surface area contributed by atoms with Crippen molar-refractivity contribution in [1.82, 2.24) is 10.2 Å². The minimum absolute atomic E-state index is 0.0521. The molecule has 2 fully saturated rings. The molecule has 0 spiro atoms. The molecule has 0 unspecified atom stereocenters. The quantitative estimate of drug-likeness (QED) is 0.918. The summed E-state index contributed by atoms with van der Waals surface area (Å²) in [5.41, 5.74) is 1.42.